The lowest BCUT2D eigenvalue weighted by Crippen LogP contribution is -2.05. The number of hydrogen-bond donors (Lipinski definition) is 1. The Labute approximate surface area is 108 Å². The molecule has 0 bridgehead atoms. The normalized spacial score (nSPS) is 10.9. The van der Waals surface area contributed by atoms with E-state index in [-0.39, 0.29) is 0 Å². The van der Waals surface area contributed by atoms with Gasteiger partial charge in [0.1, 0.15) is 0 Å². The molecule has 2 heterocycles. The summed E-state index contributed by atoms with van der Waals surface area (Å²) in [6, 6.07) is 4.20. The topological polar surface area (TPSA) is 29.9 Å². The Morgan fingerprint density at radius 2 is 2.31 bits per heavy atom. The number of nitrogens with zero attached hydrogens (tertiary/aromatic N) is 2. The molecule has 2 rings (SSSR count). The Kier molecular flexibility index (Phi) is 3.78. The van der Waals surface area contributed by atoms with Crippen LogP contribution in [-0.4, -0.2) is 16.8 Å². The molecule has 0 aliphatic rings. The third-order valence-corrected chi connectivity index (χ3v) is 3.97. The van der Waals surface area contributed by atoms with E-state index in [1.165, 1.54) is 14.2 Å². The molecule has 0 radical (unpaired) electrons. The van der Waals surface area contributed by atoms with Gasteiger partial charge in [0.25, 0.3) is 0 Å². The van der Waals surface area contributed by atoms with Crippen molar-refractivity contribution in [1.29, 1.82) is 0 Å². The zero-order valence-electron chi connectivity index (χ0n) is 9.33. The summed E-state index contributed by atoms with van der Waals surface area (Å²) in [6.07, 6.45) is 2.11. The van der Waals surface area contributed by atoms with Crippen LogP contribution < -0.4 is 5.32 Å². The van der Waals surface area contributed by atoms with Crippen molar-refractivity contribution in [3.05, 3.63) is 38.3 Å². The first kappa shape index (κ1) is 11.8. The molecule has 5 heteroatoms. The molecule has 1 N–H and O–H groups in total. The third-order valence-electron chi connectivity index (χ3n) is 2.36. The van der Waals surface area contributed by atoms with Crippen molar-refractivity contribution in [3.8, 4) is 0 Å². The summed E-state index contributed by atoms with van der Waals surface area (Å²) in [7, 11) is 1.95. The second-order valence-corrected chi connectivity index (χ2v) is 6.22. The van der Waals surface area contributed by atoms with Crippen molar-refractivity contribution >= 4 is 27.3 Å². The zero-order chi connectivity index (χ0) is 11.5. The number of aryl methyl sites for hydroxylation is 1. The molecular weight excluding hydrogens is 286 g/mol. The van der Waals surface area contributed by atoms with Crippen LogP contribution in [0.2, 0.25) is 0 Å². The Morgan fingerprint density at radius 3 is 2.94 bits per heavy atom. The summed E-state index contributed by atoms with van der Waals surface area (Å²) in [5.74, 6) is 0. The predicted octanol–water partition coefficient (Wildman–Crippen LogP) is 2.78. The molecular formula is C11H14BrN3S. The van der Waals surface area contributed by atoms with Crippen molar-refractivity contribution in [2.45, 2.75) is 20.0 Å². The molecule has 0 atom stereocenters. The maximum absolute atomic E-state index is 4.50. The van der Waals surface area contributed by atoms with Crippen LogP contribution in [0.4, 0.5) is 0 Å². The Balaban J connectivity index is 2.13. The maximum Gasteiger partial charge on any atom is 0.0752 e. The summed E-state index contributed by atoms with van der Waals surface area (Å²) in [4.78, 5) is 1.31. The van der Waals surface area contributed by atoms with Crippen molar-refractivity contribution in [2.24, 2.45) is 0 Å². The van der Waals surface area contributed by atoms with Crippen LogP contribution in [0.25, 0.3) is 0 Å². The monoisotopic (exact) mass is 299 g/mol. The Hall–Kier alpha value is -0.650. The molecule has 3 nitrogen and oxygen atoms in total. The minimum atomic E-state index is 0.848. The largest absolute Gasteiger partial charge is 0.316 e. The van der Waals surface area contributed by atoms with E-state index in [2.05, 4.69) is 44.7 Å². The average Bonchev–Trinajstić information content (AvgIpc) is 2.76. The number of nitrogens with one attached hydrogen (secondary N) is 1. The van der Waals surface area contributed by atoms with E-state index in [0.29, 0.717) is 0 Å². The number of halogens is 1. The molecule has 0 unspecified atom stereocenters. The van der Waals surface area contributed by atoms with E-state index in [1.807, 2.05) is 18.7 Å². The van der Waals surface area contributed by atoms with Crippen LogP contribution in [0.15, 0.2) is 22.1 Å². The smallest absolute Gasteiger partial charge is 0.0752 e. The minimum Gasteiger partial charge on any atom is -0.316 e. The average molecular weight is 300 g/mol. The van der Waals surface area contributed by atoms with Crippen LogP contribution in [-0.2, 0) is 13.1 Å². The summed E-state index contributed by atoms with van der Waals surface area (Å²) in [6.45, 7) is 3.77. The van der Waals surface area contributed by atoms with Gasteiger partial charge in [0.05, 0.1) is 16.0 Å². The van der Waals surface area contributed by atoms with Gasteiger partial charge in [-0.2, -0.15) is 5.10 Å². The van der Waals surface area contributed by atoms with E-state index < -0.39 is 0 Å². The number of rotatable bonds is 4. The summed E-state index contributed by atoms with van der Waals surface area (Å²) >= 11 is 5.22. The molecule has 0 amide bonds. The summed E-state index contributed by atoms with van der Waals surface area (Å²) in [5.41, 5.74) is 2.36. The molecule has 0 saturated heterocycles. The van der Waals surface area contributed by atoms with Crippen LogP contribution in [0.3, 0.4) is 0 Å². The van der Waals surface area contributed by atoms with Crippen LogP contribution >= 0.6 is 27.3 Å². The first-order chi connectivity index (χ1) is 7.69. The van der Waals surface area contributed by atoms with Gasteiger partial charge in [-0.05, 0) is 42.0 Å². The molecule has 0 aliphatic heterocycles. The Morgan fingerprint density at radius 1 is 1.50 bits per heavy atom. The standard InChI is InChI=1S/C11H14BrN3S/c1-8-9(5-13-2)6-15(14-8)7-10-3-4-11(12)16-10/h3-4,6,13H,5,7H2,1-2H3. The highest BCUT2D eigenvalue weighted by Gasteiger charge is 2.05. The van der Waals surface area contributed by atoms with E-state index in [9.17, 15) is 0 Å². The highest BCUT2D eigenvalue weighted by atomic mass is 79.9. The van der Waals surface area contributed by atoms with Crippen molar-refractivity contribution in [1.82, 2.24) is 15.1 Å². The van der Waals surface area contributed by atoms with Gasteiger partial charge in [-0.15, -0.1) is 11.3 Å². The molecule has 0 spiro atoms. The van der Waals surface area contributed by atoms with Gasteiger partial charge in [-0.25, -0.2) is 0 Å². The van der Waals surface area contributed by atoms with Gasteiger partial charge >= 0.3 is 0 Å². The van der Waals surface area contributed by atoms with Gasteiger partial charge in [0.15, 0.2) is 0 Å². The van der Waals surface area contributed by atoms with E-state index in [0.717, 1.165) is 18.8 Å². The molecule has 0 fully saturated rings. The fourth-order valence-corrected chi connectivity index (χ4v) is 3.08. The lowest BCUT2D eigenvalue weighted by Gasteiger charge is -1.97. The molecule has 0 saturated carbocycles. The van der Waals surface area contributed by atoms with Gasteiger partial charge in [-0.3, -0.25) is 4.68 Å². The molecule has 86 valence electrons. The van der Waals surface area contributed by atoms with Crippen molar-refractivity contribution < 1.29 is 0 Å². The molecule has 0 aliphatic carbocycles. The second kappa shape index (κ2) is 5.12. The zero-order valence-corrected chi connectivity index (χ0v) is 11.7. The summed E-state index contributed by atoms with van der Waals surface area (Å²) in [5, 5.41) is 7.65. The summed E-state index contributed by atoms with van der Waals surface area (Å²) < 4.78 is 3.17. The number of thiophene rings is 1. The number of aromatic nitrogens is 2. The molecule has 2 aromatic rings. The van der Waals surface area contributed by atoms with E-state index in [4.69, 9.17) is 0 Å². The minimum absolute atomic E-state index is 0.848. The first-order valence-electron chi connectivity index (χ1n) is 5.11. The molecule has 16 heavy (non-hydrogen) atoms. The lowest BCUT2D eigenvalue weighted by atomic mass is 10.3. The van der Waals surface area contributed by atoms with E-state index in [1.54, 1.807) is 11.3 Å². The fraction of sp³-hybridized carbons (Fsp3) is 0.364. The highest BCUT2D eigenvalue weighted by Crippen LogP contribution is 2.22. The lowest BCUT2D eigenvalue weighted by molar-refractivity contribution is 0.686. The highest BCUT2D eigenvalue weighted by molar-refractivity contribution is 9.11. The van der Waals surface area contributed by atoms with Crippen LogP contribution in [0.1, 0.15) is 16.1 Å². The SMILES string of the molecule is CNCc1cn(Cc2ccc(Br)s2)nc1C. The van der Waals surface area contributed by atoms with Gasteiger partial charge in [0, 0.05) is 23.2 Å². The van der Waals surface area contributed by atoms with Crippen LogP contribution in [0, 0.1) is 6.92 Å². The Bertz CT molecular complexity index is 475. The van der Waals surface area contributed by atoms with Gasteiger partial charge < -0.3 is 5.32 Å². The molecule has 0 aromatic carbocycles. The molecule has 2 aromatic heterocycles. The van der Waals surface area contributed by atoms with Crippen molar-refractivity contribution in [2.75, 3.05) is 7.05 Å². The van der Waals surface area contributed by atoms with Crippen LogP contribution in [0.5, 0.6) is 0 Å². The second-order valence-electron chi connectivity index (χ2n) is 3.67. The maximum atomic E-state index is 4.50. The number of hydrogen-bond acceptors (Lipinski definition) is 3. The van der Waals surface area contributed by atoms with Gasteiger partial charge in [-0.1, -0.05) is 0 Å². The first-order valence-corrected chi connectivity index (χ1v) is 6.71. The fourth-order valence-electron chi connectivity index (χ4n) is 1.60. The third kappa shape index (κ3) is 2.72. The quantitative estimate of drug-likeness (QED) is 0.941. The predicted molar refractivity (Wildman–Crippen MR) is 70.8 cm³/mol. The van der Waals surface area contributed by atoms with Gasteiger partial charge in [0.2, 0.25) is 0 Å². The van der Waals surface area contributed by atoms with E-state index >= 15 is 0 Å². The van der Waals surface area contributed by atoms with Crippen molar-refractivity contribution in [3.63, 3.8) is 0 Å².